The number of nitrogens with zero attached hydrogens (tertiary/aromatic N) is 1. The van der Waals surface area contributed by atoms with Crippen LogP contribution in [-0.4, -0.2) is 44.9 Å². The summed E-state index contributed by atoms with van der Waals surface area (Å²) in [4.78, 5) is 14.2. The number of rotatable bonds is 2. The fraction of sp³-hybridized carbons (Fsp3) is 0.462. The van der Waals surface area contributed by atoms with Crippen molar-refractivity contribution in [2.24, 2.45) is 5.14 Å². The highest BCUT2D eigenvalue weighted by Gasteiger charge is 2.25. The van der Waals surface area contributed by atoms with Crippen LogP contribution in [0.25, 0.3) is 0 Å². The minimum Gasteiger partial charge on any atom is -0.333 e. The first kappa shape index (κ1) is 15.0. The zero-order valence-corrected chi connectivity index (χ0v) is 12.4. The van der Waals surface area contributed by atoms with Gasteiger partial charge in [0.25, 0.3) is 5.91 Å². The fourth-order valence-corrected chi connectivity index (χ4v) is 3.16. The predicted octanol–water partition coefficient (Wildman–Crippen LogP) is 0.0763. The van der Waals surface area contributed by atoms with Crippen LogP contribution < -0.4 is 10.5 Å². The average Bonchev–Trinajstić information content (AvgIpc) is 2.37. The number of hydrogen-bond donors (Lipinski definition) is 2. The average molecular weight is 297 g/mol. The summed E-state index contributed by atoms with van der Waals surface area (Å²) in [7, 11) is -3.82. The first-order valence-corrected chi connectivity index (χ1v) is 8.00. The van der Waals surface area contributed by atoms with Crippen LogP contribution in [0.4, 0.5) is 0 Å². The zero-order chi connectivity index (χ0) is 14.9. The van der Waals surface area contributed by atoms with Gasteiger partial charge in [-0.25, -0.2) is 13.6 Å². The van der Waals surface area contributed by atoms with Crippen molar-refractivity contribution in [1.29, 1.82) is 0 Å². The Bertz CT molecular complexity index is 628. The Labute approximate surface area is 119 Å². The molecule has 0 aliphatic carbocycles. The maximum atomic E-state index is 12.5. The van der Waals surface area contributed by atoms with Crippen molar-refractivity contribution < 1.29 is 13.2 Å². The van der Waals surface area contributed by atoms with Gasteiger partial charge in [-0.2, -0.15) is 0 Å². The molecule has 0 saturated carbocycles. The van der Waals surface area contributed by atoms with Crippen LogP contribution >= 0.6 is 0 Å². The Morgan fingerprint density at radius 3 is 2.75 bits per heavy atom. The van der Waals surface area contributed by atoms with E-state index in [1.165, 1.54) is 6.07 Å². The summed E-state index contributed by atoms with van der Waals surface area (Å²) in [5.41, 5.74) is 0.894. The molecule has 1 aliphatic rings. The second kappa shape index (κ2) is 5.51. The standard InChI is InChI=1S/C13H19N3O3S/c1-9-3-4-11(7-12(9)20(14,18)19)13(17)16-6-5-15-8-10(16)2/h3-4,7,10,15H,5-6,8H2,1-2H3,(H2,14,18,19)/t10-/m0/s1. The lowest BCUT2D eigenvalue weighted by molar-refractivity contribution is 0.0655. The first-order valence-electron chi connectivity index (χ1n) is 6.46. The molecule has 110 valence electrons. The van der Waals surface area contributed by atoms with Gasteiger partial charge >= 0.3 is 0 Å². The van der Waals surface area contributed by atoms with Crippen molar-refractivity contribution >= 4 is 15.9 Å². The molecule has 2 rings (SSSR count). The van der Waals surface area contributed by atoms with E-state index < -0.39 is 10.0 Å². The Kier molecular flexibility index (Phi) is 4.12. The number of amides is 1. The van der Waals surface area contributed by atoms with Crippen LogP contribution in [0.3, 0.4) is 0 Å². The Morgan fingerprint density at radius 2 is 2.15 bits per heavy atom. The van der Waals surface area contributed by atoms with Crippen LogP contribution in [0.15, 0.2) is 23.1 Å². The summed E-state index contributed by atoms with van der Waals surface area (Å²) in [6, 6.07) is 4.69. The van der Waals surface area contributed by atoms with Gasteiger partial charge in [-0.1, -0.05) is 6.07 Å². The molecule has 1 aromatic rings. The number of primary sulfonamides is 1. The molecule has 0 bridgehead atoms. The quantitative estimate of drug-likeness (QED) is 0.808. The van der Waals surface area contributed by atoms with Gasteiger partial charge < -0.3 is 10.2 Å². The molecule has 1 heterocycles. The molecular formula is C13H19N3O3S. The highest BCUT2D eigenvalue weighted by Crippen LogP contribution is 2.18. The summed E-state index contributed by atoms with van der Waals surface area (Å²) < 4.78 is 23.0. The number of carbonyl (C=O) groups is 1. The predicted molar refractivity (Wildman–Crippen MR) is 75.9 cm³/mol. The Hall–Kier alpha value is -1.44. The van der Waals surface area contributed by atoms with Gasteiger partial charge in [0, 0.05) is 31.2 Å². The second-order valence-corrected chi connectivity index (χ2v) is 6.61. The number of piperazine rings is 1. The Balaban J connectivity index is 2.36. The van der Waals surface area contributed by atoms with Gasteiger partial charge in [0.05, 0.1) is 4.90 Å². The van der Waals surface area contributed by atoms with Crippen molar-refractivity contribution in [2.45, 2.75) is 24.8 Å². The number of carbonyl (C=O) groups excluding carboxylic acids is 1. The van der Waals surface area contributed by atoms with Crippen molar-refractivity contribution in [3.8, 4) is 0 Å². The van der Waals surface area contributed by atoms with Gasteiger partial charge in [-0.3, -0.25) is 4.79 Å². The van der Waals surface area contributed by atoms with E-state index in [-0.39, 0.29) is 16.8 Å². The third-order valence-corrected chi connectivity index (χ3v) is 4.56. The summed E-state index contributed by atoms with van der Waals surface area (Å²) in [6.07, 6.45) is 0. The molecule has 1 atom stereocenters. The maximum Gasteiger partial charge on any atom is 0.254 e. The van der Waals surface area contributed by atoms with Gasteiger partial charge in [0.15, 0.2) is 0 Å². The van der Waals surface area contributed by atoms with E-state index in [0.717, 1.165) is 13.1 Å². The third-order valence-electron chi connectivity index (χ3n) is 3.50. The molecule has 0 aromatic heterocycles. The third kappa shape index (κ3) is 3.00. The summed E-state index contributed by atoms with van der Waals surface area (Å²) in [6.45, 7) is 5.70. The molecule has 1 aliphatic heterocycles. The first-order chi connectivity index (χ1) is 9.30. The van der Waals surface area contributed by atoms with E-state index in [1.54, 1.807) is 24.0 Å². The SMILES string of the molecule is Cc1ccc(C(=O)N2CCNC[C@@H]2C)cc1S(N)(=O)=O. The number of benzene rings is 1. The number of nitrogens with one attached hydrogen (secondary N) is 1. The van der Waals surface area contributed by atoms with E-state index in [2.05, 4.69) is 5.32 Å². The number of nitrogens with two attached hydrogens (primary N) is 1. The molecule has 0 unspecified atom stereocenters. The zero-order valence-electron chi connectivity index (χ0n) is 11.6. The molecule has 0 radical (unpaired) electrons. The van der Waals surface area contributed by atoms with Crippen molar-refractivity contribution in [3.05, 3.63) is 29.3 Å². The minimum atomic E-state index is -3.82. The van der Waals surface area contributed by atoms with Crippen LogP contribution in [0, 0.1) is 6.92 Å². The topological polar surface area (TPSA) is 92.5 Å². The second-order valence-electron chi connectivity index (χ2n) is 5.08. The normalized spacial score (nSPS) is 19.9. The highest BCUT2D eigenvalue weighted by molar-refractivity contribution is 7.89. The molecule has 20 heavy (non-hydrogen) atoms. The smallest absolute Gasteiger partial charge is 0.254 e. The largest absolute Gasteiger partial charge is 0.333 e. The van der Waals surface area contributed by atoms with Crippen molar-refractivity contribution in [3.63, 3.8) is 0 Å². The van der Waals surface area contributed by atoms with E-state index >= 15 is 0 Å². The van der Waals surface area contributed by atoms with Crippen molar-refractivity contribution in [2.75, 3.05) is 19.6 Å². The Morgan fingerprint density at radius 1 is 1.45 bits per heavy atom. The summed E-state index contributed by atoms with van der Waals surface area (Å²) in [5.74, 6) is -0.163. The molecular weight excluding hydrogens is 278 g/mol. The monoisotopic (exact) mass is 297 g/mol. The molecule has 3 N–H and O–H groups in total. The van der Waals surface area contributed by atoms with Gasteiger partial charge in [0.1, 0.15) is 0 Å². The number of aryl methyl sites for hydroxylation is 1. The van der Waals surface area contributed by atoms with Gasteiger partial charge in [0.2, 0.25) is 10.0 Å². The fourth-order valence-electron chi connectivity index (χ4n) is 2.35. The van der Waals surface area contributed by atoms with Crippen LogP contribution in [0.2, 0.25) is 0 Å². The van der Waals surface area contributed by atoms with E-state index in [0.29, 0.717) is 17.7 Å². The minimum absolute atomic E-state index is 0.00568. The van der Waals surface area contributed by atoms with Gasteiger partial charge in [-0.05, 0) is 31.5 Å². The maximum absolute atomic E-state index is 12.5. The van der Waals surface area contributed by atoms with Gasteiger partial charge in [-0.15, -0.1) is 0 Å². The van der Waals surface area contributed by atoms with Crippen LogP contribution in [0.1, 0.15) is 22.8 Å². The lowest BCUT2D eigenvalue weighted by atomic mass is 10.1. The molecule has 1 fully saturated rings. The van der Waals surface area contributed by atoms with E-state index in [9.17, 15) is 13.2 Å². The molecule has 1 aromatic carbocycles. The highest BCUT2D eigenvalue weighted by atomic mass is 32.2. The lowest BCUT2D eigenvalue weighted by Crippen LogP contribution is -2.52. The molecule has 7 heteroatoms. The van der Waals surface area contributed by atoms with E-state index in [4.69, 9.17) is 5.14 Å². The molecule has 6 nitrogen and oxygen atoms in total. The number of hydrogen-bond acceptors (Lipinski definition) is 4. The number of sulfonamides is 1. The molecule has 1 saturated heterocycles. The van der Waals surface area contributed by atoms with Crippen LogP contribution in [0.5, 0.6) is 0 Å². The van der Waals surface area contributed by atoms with Crippen LogP contribution in [-0.2, 0) is 10.0 Å². The summed E-state index contributed by atoms with van der Waals surface area (Å²) in [5, 5.41) is 8.38. The lowest BCUT2D eigenvalue weighted by Gasteiger charge is -2.34. The summed E-state index contributed by atoms with van der Waals surface area (Å²) >= 11 is 0. The van der Waals surface area contributed by atoms with E-state index in [1.807, 2.05) is 6.92 Å². The molecule has 0 spiro atoms. The molecule has 1 amide bonds. The van der Waals surface area contributed by atoms with Crippen molar-refractivity contribution in [1.82, 2.24) is 10.2 Å².